The molecule has 10 heavy (non-hydrogen) atoms. The van der Waals surface area contributed by atoms with Crippen molar-refractivity contribution < 1.29 is 5.11 Å². The number of hydrogen-bond acceptors (Lipinski definition) is 1. The van der Waals surface area contributed by atoms with Crippen molar-refractivity contribution in [1.82, 2.24) is 0 Å². The smallest absolute Gasteiger partial charge is 0.130 e. The van der Waals surface area contributed by atoms with Gasteiger partial charge in [0.1, 0.15) is 4.33 Å². The first-order chi connectivity index (χ1) is 4.50. The lowest BCUT2D eigenvalue weighted by Crippen LogP contribution is -2.12. The molecule has 0 bridgehead atoms. The second-order valence-corrected chi connectivity index (χ2v) is 5.01. The van der Waals surface area contributed by atoms with E-state index in [0.717, 1.165) is 12.8 Å². The molecule has 0 aromatic carbocycles. The number of fused-ring (bicyclic) bond motifs is 1. The van der Waals surface area contributed by atoms with Crippen molar-refractivity contribution in [3.05, 3.63) is 0 Å². The molecule has 0 spiro atoms. The van der Waals surface area contributed by atoms with Crippen LogP contribution in [0.15, 0.2) is 0 Å². The second kappa shape index (κ2) is 1.65. The summed E-state index contributed by atoms with van der Waals surface area (Å²) in [6.07, 6.45) is 1.56. The summed E-state index contributed by atoms with van der Waals surface area (Å²) < 4.78 is -0.634. The molecule has 0 amide bonds. The van der Waals surface area contributed by atoms with Crippen LogP contribution in [0.25, 0.3) is 0 Å². The van der Waals surface area contributed by atoms with Crippen molar-refractivity contribution in [2.75, 3.05) is 0 Å². The first-order valence-electron chi connectivity index (χ1n) is 3.56. The van der Waals surface area contributed by atoms with E-state index in [9.17, 15) is 5.11 Å². The molecule has 2 saturated carbocycles. The molecule has 0 aromatic rings. The lowest BCUT2D eigenvalue weighted by molar-refractivity contribution is 0.157. The van der Waals surface area contributed by atoms with Crippen LogP contribution in [0.2, 0.25) is 0 Å². The van der Waals surface area contributed by atoms with Gasteiger partial charge in [-0.25, -0.2) is 0 Å². The van der Waals surface area contributed by atoms with Crippen molar-refractivity contribution in [2.45, 2.75) is 30.2 Å². The van der Waals surface area contributed by atoms with Crippen molar-refractivity contribution >= 4 is 23.2 Å². The monoisotopic (exact) mass is 180 g/mol. The summed E-state index contributed by atoms with van der Waals surface area (Å²) in [7, 11) is 0. The minimum atomic E-state index is -0.634. The summed E-state index contributed by atoms with van der Waals surface area (Å²) >= 11 is 11.9. The fourth-order valence-corrected chi connectivity index (χ4v) is 3.31. The average molecular weight is 181 g/mol. The van der Waals surface area contributed by atoms with Crippen LogP contribution in [0.1, 0.15) is 19.8 Å². The summed E-state index contributed by atoms with van der Waals surface area (Å²) in [6.45, 7) is 2.05. The zero-order valence-corrected chi connectivity index (χ0v) is 7.28. The van der Waals surface area contributed by atoms with E-state index in [1.165, 1.54) is 0 Å². The second-order valence-electron chi connectivity index (χ2n) is 3.62. The standard InChI is InChI=1S/C7H10Cl2O/c1-6-3-2-4(10)5(6)7(6,8)9/h4-5,10H,2-3H2,1H3/t4-,5-,6+/m1/s1. The number of hydrogen-bond donors (Lipinski definition) is 1. The Morgan fingerprint density at radius 2 is 2.10 bits per heavy atom. The Balaban J connectivity index is 2.26. The van der Waals surface area contributed by atoms with Gasteiger partial charge in [-0.1, -0.05) is 6.92 Å². The lowest BCUT2D eigenvalue weighted by Gasteiger charge is -2.10. The zero-order valence-electron chi connectivity index (χ0n) is 5.77. The molecule has 3 heteroatoms. The van der Waals surface area contributed by atoms with Gasteiger partial charge in [0.15, 0.2) is 0 Å². The third-order valence-corrected chi connectivity index (χ3v) is 4.43. The summed E-state index contributed by atoms with van der Waals surface area (Å²) in [5.41, 5.74) is 0.00945. The molecule has 0 aliphatic heterocycles. The van der Waals surface area contributed by atoms with E-state index in [4.69, 9.17) is 23.2 Å². The van der Waals surface area contributed by atoms with Gasteiger partial charge in [-0.2, -0.15) is 0 Å². The Kier molecular flexibility index (Phi) is 1.19. The highest BCUT2D eigenvalue weighted by Crippen LogP contribution is 2.76. The molecular weight excluding hydrogens is 171 g/mol. The van der Waals surface area contributed by atoms with Crippen LogP contribution in [0.4, 0.5) is 0 Å². The quantitative estimate of drug-likeness (QED) is 0.566. The maximum absolute atomic E-state index is 9.37. The predicted molar refractivity (Wildman–Crippen MR) is 41.3 cm³/mol. The minimum Gasteiger partial charge on any atom is -0.393 e. The highest BCUT2D eigenvalue weighted by atomic mass is 35.5. The first kappa shape index (κ1) is 7.20. The van der Waals surface area contributed by atoms with E-state index >= 15 is 0 Å². The van der Waals surface area contributed by atoms with E-state index in [1.807, 2.05) is 6.92 Å². The number of rotatable bonds is 0. The SMILES string of the molecule is C[C@]12CC[C@@H](O)[C@H]1C2(Cl)Cl. The third kappa shape index (κ3) is 0.556. The fraction of sp³-hybridized carbons (Fsp3) is 1.00. The Morgan fingerprint density at radius 1 is 1.50 bits per heavy atom. The summed E-state index contributed by atoms with van der Waals surface area (Å²) in [6, 6.07) is 0. The van der Waals surface area contributed by atoms with Gasteiger partial charge in [0.2, 0.25) is 0 Å². The molecule has 3 atom stereocenters. The van der Waals surface area contributed by atoms with Gasteiger partial charge in [0.25, 0.3) is 0 Å². The maximum atomic E-state index is 9.37. The highest BCUT2D eigenvalue weighted by Gasteiger charge is 2.77. The molecule has 0 radical (unpaired) electrons. The van der Waals surface area contributed by atoms with Crippen LogP contribution in [0.5, 0.6) is 0 Å². The van der Waals surface area contributed by atoms with Crippen LogP contribution in [0.3, 0.4) is 0 Å². The summed E-state index contributed by atoms with van der Waals surface area (Å²) in [5.74, 6) is 0.128. The van der Waals surface area contributed by atoms with Crippen LogP contribution < -0.4 is 0 Å². The molecule has 0 heterocycles. The predicted octanol–water partition coefficient (Wildman–Crippen LogP) is 1.95. The molecule has 0 aromatic heterocycles. The Bertz CT molecular complexity index is 180. The van der Waals surface area contributed by atoms with E-state index in [2.05, 4.69) is 0 Å². The Morgan fingerprint density at radius 3 is 2.30 bits per heavy atom. The van der Waals surface area contributed by atoms with E-state index in [0.29, 0.717) is 0 Å². The van der Waals surface area contributed by atoms with Gasteiger partial charge in [-0.15, -0.1) is 23.2 Å². The summed E-state index contributed by atoms with van der Waals surface area (Å²) in [4.78, 5) is 0. The van der Waals surface area contributed by atoms with Gasteiger partial charge >= 0.3 is 0 Å². The van der Waals surface area contributed by atoms with Gasteiger partial charge in [0.05, 0.1) is 6.10 Å². The van der Waals surface area contributed by atoms with Gasteiger partial charge in [0, 0.05) is 11.3 Å². The number of halogens is 2. The topological polar surface area (TPSA) is 20.2 Å². The van der Waals surface area contributed by atoms with E-state index in [1.54, 1.807) is 0 Å². The number of alkyl halides is 2. The molecular formula is C7H10Cl2O. The van der Waals surface area contributed by atoms with E-state index < -0.39 is 4.33 Å². The van der Waals surface area contributed by atoms with E-state index in [-0.39, 0.29) is 17.4 Å². The highest BCUT2D eigenvalue weighted by molar-refractivity contribution is 6.52. The number of aliphatic hydroxyl groups excluding tert-OH is 1. The van der Waals surface area contributed by atoms with Crippen LogP contribution in [-0.2, 0) is 0 Å². The molecule has 1 N–H and O–H groups in total. The molecule has 2 aliphatic rings. The Labute approximate surface area is 70.3 Å². The molecule has 58 valence electrons. The summed E-state index contributed by atoms with van der Waals surface area (Å²) in [5, 5.41) is 9.37. The van der Waals surface area contributed by atoms with Crippen molar-refractivity contribution in [2.24, 2.45) is 11.3 Å². The Hall–Kier alpha value is 0.540. The van der Waals surface area contributed by atoms with Crippen LogP contribution in [-0.4, -0.2) is 15.5 Å². The lowest BCUT2D eigenvalue weighted by atomic mass is 10.1. The van der Waals surface area contributed by atoms with Crippen LogP contribution in [0, 0.1) is 11.3 Å². The largest absolute Gasteiger partial charge is 0.393 e. The zero-order chi connectivity index (χ0) is 7.57. The van der Waals surface area contributed by atoms with Crippen molar-refractivity contribution in [1.29, 1.82) is 0 Å². The molecule has 2 fully saturated rings. The van der Waals surface area contributed by atoms with Gasteiger partial charge in [-0.05, 0) is 12.8 Å². The number of aliphatic hydroxyl groups is 1. The van der Waals surface area contributed by atoms with Crippen molar-refractivity contribution in [3.63, 3.8) is 0 Å². The van der Waals surface area contributed by atoms with Crippen molar-refractivity contribution in [3.8, 4) is 0 Å². The minimum absolute atomic E-state index is 0.00945. The third-order valence-electron chi connectivity index (χ3n) is 3.10. The molecule has 0 unspecified atom stereocenters. The molecule has 0 saturated heterocycles. The van der Waals surface area contributed by atoms with Gasteiger partial charge in [-0.3, -0.25) is 0 Å². The molecule has 1 nitrogen and oxygen atoms in total. The van der Waals surface area contributed by atoms with Gasteiger partial charge < -0.3 is 5.11 Å². The maximum Gasteiger partial charge on any atom is 0.130 e. The normalized spacial score (nSPS) is 56.4. The first-order valence-corrected chi connectivity index (χ1v) is 4.31. The molecule has 2 aliphatic carbocycles. The average Bonchev–Trinajstić information content (AvgIpc) is 2.16. The fourth-order valence-electron chi connectivity index (χ4n) is 2.22. The van der Waals surface area contributed by atoms with Crippen LogP contribution >= 0.6 is 23.2 Å². The molecule has 2 rings (SSSR count).